The summed E-state index contributed by atoms with van der Waals surface area (Å²) in [5, 5.41) is 0. The van der Waals surface area contributed by atoms with Gasteiger partial charge in [-0.05, 0) is 112 Å². The van der Waals surface area contributed by atoms with E-state index in [9.17, 15) is 9.59 Å². The van der Waals surface area contributed by atoms with Crippen molar-refractivity contribution in [2.24, 2.45) is 59.2 Å². The zero-order valence-electron chi connectivity index (χ0n) is 23.0. The van der Waals surface area contributed by atoms with Crippen molar-refractivity contribution in [3.8, 4) is 0 Å². The normalized spacial score (nSPS) is 48.8. The molecular weight excluding hydrogens is 500 g/mol. The molecule has 0 aromatic carbocycles. The van der Waals surface area contributed by atoms with Crippen LogP contribution in [0.3, 0.4) is 0 Å². The van der Waals surface area contributed by atoms with E-state index in [4.69, 9.17) is 9.47 Å². The highest BCUT2D eigenvalue weighted by molar-refractivity contribution is 5.90. The van der Waals surface area contributed by atoms with Crippen molar-refractivity contribution in [3.63, 3.8) is 0 Å². The second-order valence-corrected chi connectivity index (χ2v) is 14.3. The number of hydrogen-bond donors (Lipinski definition) is 0. The third-order valence-corrected chi connectivity index (χ3v) is 12.6. The summed E-state index contributed by atoms with van der Waals surface area (Å²) < 4.78 is 72.3. The topological polar surface area (TPSA) is 52.6 Å². The monoisotopic (exact) mass is 542 g/mol. The zero-order valence-corrected chi connectivity index (χ0v) is 23.0. The van der Waals surface area contributed by atoms with Crippen molar-refractivity contribution >= 4 is 11.9 Å². The Morgan fingerprint density at radius 3 is 1.84 bits per heavy atom. The van der Waals surface area contributed by atoms with E-state index in [1.54, 1.807) is 6.92 Å². The molecule has 8 rings (SSSR count). The first-order valence-corrected chi connectivity index (χ1v) is 15.0. The van der Waals surface area contributed by atoms with Gasteiger partial charge in [0.15, 0.2) is 0 Å². The van der Waals surface area contributed by atoms with Gasteiger partial charge in [0.25, 0.3) is 0 Å². The van der Waals surface area contributed by atoms with E-state index >= 15 is 17.6 Å². The molecule has 8 bridgehead atoms. The van der Waals surface area contributed by atoms with Crippen molar-refractivity contribution in [1.82, 2.24) is 0 Å². The predicted octanol–water partition coefficient (Wildman–Crippen LogP) is 7.05. The number of ether oxygens (including phenoxy) is 2. The molecule has 0 N–H and O–H groups in total. The summed E-state index contributed by atoms with van der Waals surface area (Å²) in [6.07, 6.45) is 7.74. The van der Waals surface area contributed by atoms with Crippen molar-refractivity contribution < 1.29 is 36.6 Å². The highest BCUT2D eigenvalue weighted by Crippen LogP contribution is 2.64. The number of carbonyl (C=O) groups excluding carboxylic acids is 2. The molecule has 0 aromatic rings. The van der Waals surface area contributed by atoms with Gasteiger partial charge in [-0.3, -0.25) is 0 Å². The molecule has 0 aromatic heterocycles. The number of carbonyl (C=O) groups is 2. The first kappa shape index (κ1) is 26.9. The molecule has 0 amide bonds. The van der Waals surface area contributed by atoms with Crippen LogP contribution in [0.5, 0.6) is 0 Å². The largest absolute Gasteiger partial charge is 0.454 e. The molecule has 38 heavy (non-hydrogen) atoms. The molecule has 0 aliphatic heterocycles. The maximum absolute atomic E-state index is 15.4. The Labute approximate surface area is 222 Å². The molecule has 8 aliphatic carbocycles. The Balaban J connectivity index is 1.22. The molecule has 0 spiro atoms. The van der Waals surface area contributed by atoms with Gasteiger partial charge >= 0.3 is 23.8 Å². The number of alkyl halides is 4. The second kappa shape index (κ2) is 8.58. The number of halogens is 4. The predicted molar refractivity (Wildman–Crippen MR) is 131 cm³/mol. The van der Waals surface area contributed by atoms with E-state index in [-0.39, 0.29) is 35.5 Å². The van der Waals surface area contributed by atoms with Crippen molar-refractivity contribution in [1.29, 1.82) is 0 Å². The van der Waals surface area contributed by atoms with Crippen LogP contribution >= 0.6 is 0 Å². The molecule has 4 nitrogen and oxygen atoms in total. The van der Waals surface area contributed by atoms with E-state index < -0.39 is 35.0 Å². The third kappa shape index (κ3) is 3.52. The lowest BCUT2D eigenvalue weighted by Crippen LogP contribution is -2.66. The summed E-state index contributed by atoms with van der Waals surface area (Å²) in [4.78, 5) is 25.9. The van der Waals surface area contributed by atoms with Crippen LogP contribution in [-0.2, 0) is 19.1 Å². The van der Waals surface area contributed by atoms with Crippen LogP contribution in [0.4, 0.5) is 17.6 Å². The minimum Gasteiger partial charge on any atom is -0.454 e. The number of esters is 2. The minimum absolute atomic E-state index is 0.102. The second-order valence-electron chi connectivity index (χ2n) is 14.3. The van der Waals surface area contributed by atoms with Crippen molar-refractivity contribution in [3.05, 3.63) is 0 Å². The third-order valence-electron chi connectivity index (χ3n) is 12.6. The van der Waals surface area contributed by atoms with Gasteiger partial charge in [-0.1, -0.05) is 27.2 Å². The van der Waals surface area contributed by atoms with E-state index in [1.807, 2.05) is 13.8 Å². The van der Waals surface area contributed by atoms with Gasteiger partial charge in [-0.25, -0.2) is 9.59 Å². The zero-order chi connectivity index (χ0) is 27.4. The first-order valence-electron chi connectivity index (χ1n) is 15.0. The molecule has 8 saturated carbocycles. The maximum atomic E-state index is 15.4. The fraction of sp³-hybridized carbons (Fsp3) is 0.933. The lowest BCUT2D eigenvalue weighted by atomic mass is 9.45. The Hall–Kier alpha value is -1.34. The lowest BCUT2D eigenvalue weighted by molar-refractivity contribution is -0.277. The summed E-state index contributed by atoms with van der Waals surface area (Å²) in [6.45, 7) is 7.64. The van der Waals surface area contributed by atoms with Crippen LogP contribution in [0.25, 0.3) is 0 Å². The van der Waals surface area contributed by atoms with Gasteiger partial charge < -0.3 is 9.47 Å². The molecule has 214 valence electrons. The molecule has 0 heterocycles. The Kier molecular flexibility index (Phi) is 6.06. The molecule has 8 fully saturated rings. The SMILES string of the molecule is CCCC1(OC(=O)C(F)(F)C(F)(F)C(=O)OC2(C)C3CC4CC(C3)C(C)C2C4)C2CC3CC(C2)C(C)C1C3. The molecule has 8 heteroatoms. The van der Waals surface area contributed by atoms with Crippen LogP contribution in [0, 0.1) is 59.2 Å². The summed E-state index contributed by atoms with van der Waals surface area (Å²) in [6, 6.07) is 0. The highest BCUT2D eigenvalue weighted by Gasteiger charge is 2.73. The van der Waals surface area contributed by atoms with E-state index in [1.165, 1.54) is 0 Å². The average Bonchev–Trinajstić information content (AvgIpc) is 2.85. The molecular formula is C30H42F4O4. The van der Waals surface area contributed by atoms with Gasteiger partial charge in [-0.2, -0.15) is 17.6 Å². The fourth-order valence-electron chi connectivity index (χ4n) is 10.8. The Morgan fingerprint density at radius 1 is 0.737 bits per heavy atom. The molecule has 0 saturated heterocycles. The fourth-order valence-corrected chi connectivity index (χ4v) is 10.8. The van der Waals surface area contributed by atoms with Crippen LogP contribution in [-0.4, -0.2) is 35.0 Å². The highest BCUT2D eigenvalue weighted by atomic mass is 19.3. The van der Waals surface area contributed by atoms with Crippen LogP contribution in [0.15, 0.2) is 0 Å². The van der Waals surface area contributed by atoms with Crippen LogP contribution < -0.4 is 0 Å². The molecule has 0 radical (unpaired) electrons. The smallest absolute Gasteiger partial charge is 0.415 e. The lowest BCUT2D eigenvalue weighted by Gasteiger charge is -2.63. The molecule has 12 atom stereocenters. The van der Waals surface area contributed by atoms with E-state index in [2.05, 4.69) is 6.92 Å². The van der Waals surface area contributed by atoms with Gasteiger partial charge in [0.2, 0.25) is 0 Å². The van der Waals surface area contributed by atoms with Gasteiger partial charge in [0.05, 0.1) is 0 Å². The summed E-state index contributed by atoms with van der Waals surface area (Å²) in [5.74, 6) is -13.5. The maximum Gasteiger partial charge on any atom is 0.415 e. The standard InChI is InChI=1S/C30H42F4O4/c1-5-6-28(22-10-18-8-20(14-22)16(3)24(28)12-18)38-26(36)30(33,34)29(31,32)25(35)37-27(4)21-9-17-7-19(13-21)15(2)23(27)11-17/h15-24H,5-14H2,1-4H3. The number of rotatable bonds is 7. The van der Waals surface area contributed by atoms with Gasteiger partial charge in [0.1, 0.15) is 11.2 Å². The van der Waals surface area contributed by atoms with Crippen molar-refractivity contribution in [2.75, 3.05) is 0 Å². The molecule has 8 aliphatic rings. The minimum atomic E-state index is -5.31. The quantitative estimate of drug-likeness (QED) is 0.256. The van der Waals surface area contributed by atoms with Gasteiger partial charge in [-0.15, -0.1) is 0 Å². The average molecular weight is 543 g/mol. The molecule has 12 unspecified atom stereocenters. The Bertz CT molecular complexity index is 1000. The van der Waals surface area contributed by atoms with E-state index in [0.29, 0.717) is 36.5 Å². The number of hydrogen-bond acceptors (Lipinski definition) is 4. The summed E-state index contributed by atoms with van der Waals surface area (Å²) >= 11 is 0. The Morgan fingerprint density at radius 2 is 1.24 bits per heavy atom. The van der Waals surface area contributed by atoms with E-state index in [0.717, 1.165) is 51.4 Å². The van der Waals surface area contributed by atoms with Gasteiger partial charge in [0, 0.05) is 11.8 Å². The van der Waals surface area contributed by atoms with Crippen LogP contribution in [0.1, 0.15) is 91.9 Å². The first-order chi connectivity index (χ1) is 17.7. The van der Waals surface area contributed by atoms with Crippen LogP contribution in [0.2, 0.25) is 0 Å². The summed E-state index contributed by atoms with van der Waals surface area (Å²) in [5.41, 5.74) is -2.40. The summed E-state index contributed by atoms with van der Waals surface area (Å²) in [7, 11) is 0. The van der Waals surface area contributed by atoms with Crippen molar-refractivity contribution in [2.45, 2.75) is 115 Å².